The second kappa shape index (κ2) is 8.33. The SMILES string of the molecule is CCc1cnc(OC2CCCN(S(=O)(=O)Cc3cccc(Cl)c3)C2)nc1. The highest BCUT2D eigenvalue weighted by molar-refractivity contribution is 7.88. The van der Waals surface area contributed by atoms with Gasteiger partial charge in [-0.15, -0.1) is 0 Å². The van der Waals surface area contributed by atoms with E-state index in [1.54, 1.807) is 36.7 Å². The van der Waals surface area contributed by atoms with E-state index in [9.17, 15) is 8.42 Å². The number of nitrogens with zero attached hydrogens (tertiary/aromatic N) is 3. The predicted molar refractivity (Wildman–Crippen MR) is 101 cm³/mol. The Morgan fingerprint density at radius 2 is 2.04 bits per heavy atom. The van der Waals surface area contributed by atoms with E-state index >= 15 is 0 Å². The van der Waals surface area contributed by atoms with Crippen LogP contribution < -0.4 is 4.74 Å². The second-order valence-electron chi connectivity index (χ2n) is 6.35. The molecule has 1 aliphatic rings. The highest BCUT2D eigenvalue weighted by Gasteiger charge is 2.30. The van der Waals surface area contributed by atoms with Crippen LogP contribution in [0.15, 0.2) is 36.7 Å². The molecule has 1 unspecified atom stereocenters. The number of aryl methyl sites for hydroxylation is 1. The van der Waals surface area contributed by atoms with E-state index in [4.69, 9.17) is 16.3 Å². The lowest BCUT2D eigenvalue weighted by Crippen LogP contribution is -2.44. The van der Waals surface area contributed by atoms with Gasteiger partial charge in [-0.3, -0.25) is 0 Å². The van der Waals surface area contributed by atoms with Crippen LogP contribution >= 0.6 is 11.6 Å². The lowest BCUT2D eigenvalue weighted by atomic mass is 10.1. The Morgan fingerprint density at radius 1 is 1.27 bits per heavy atom. The smallest absolute Gasteiger partial charge is 0.316 e. The van der Waals surface area contributed by atoms with Crippen LogP contribution in [0.4, 0.5) is 0 Å². The molecular formula is C18H22ClN3O3S. The average molecular weight is 396 g/mol. The standard InChI is InChI=1S/C18H22ClN3O3S/c1-2-14-10-20-18(21-11-14)25-17-7-4-8-22(12-17)26(23,24)13-15-5-3-6-16(19)9-15/h3,5-6,9-11,17H,2,4,7-8,12-13H2,1H3. The highest BCUT2D eigenvalue weighted by atomic mass is 35.5. The molecule has 8 heteroatoms. The maximum Gasteiger partial charge on any atom is 0.316 e. The van der Waals surface area contributed by atoms with Crippen LogP contribution in [0.25, 0.3) is 0 Å². The summed E-state index contributed by atoms with van der Waals surface area (Å²) in [7, 11) is -3.44. The van der Waals surface area contributed by atoms with Gasteiger partial charge in [0.1, 0.15) is 6.10 Å². The molecule has 1 saturated heterocycles. The van der Waals surface area contributed by atoms with Crippen molar-refractivity contribution in [1.82, 2.24) is 14.3 Å². The number of aromatic nitrogens is 2. The Morgan fingerprint density at radius 3 is 2.73 bits per heavy atom. The molecule has 140 valence electrons. The molecule has 26 heavy (non-hydrogen) atoms. The minimum absolute atomic E-state index is 0.0675. The minimum atomic E-state index is -3.44. The molecule has 0 amide bonds. The van der Waals surface area contributed by atoms with Crippen molar-refractivity contribution in [2.75, 3.05) is 13.1 Å². The Kier molecular flexibility index (Phi) is 6.11. The Bertz CT molecular complexity index is 843. The topological polar surface area (TPSA) is 72.4 Å². The lowest BCUT2D eigenvalue weighted by Gasteiger charge is -2.31. The predicted octanol–water partition coefficient (Wildman–Crippen LogP) is 3.07. The van der Waals surface area contributed by atoms with Gasteiger partial charge in [0.25, 0.3) is 0 Å². The summed E-state index contributed by atoms with van der Waals surface area (Å²) in [4.78, 5) is 8.38. The van der Waals surface area contributed by atoms with Gasteiger partial charge < -0.3 is 4.74 Å². The van der Waals surface area contributed by atoms with Gasteiger partial charge >= 0.3 is 6.01 Å². The van der Waals surface area contributed by atoms with Gasteiger partial charge in [0, 0.05) is 24.0 Å². The third kappa shape index (κ3) is 4.93. The number of piperidine rings is 1. The van der Waals surface area contributed by atoms with E-state index in [1.807, 2.05) is 6.92 Å². The van der Waals surface area contributed by atoms with Crippen LogP contribution in [0, 0.1) is 0 Å². The molecule has 0 saturated carbocycles. The van der Waals surface area contributed by atoms with Crippen LogP contribution in [0.3, 0.4) is 0 Å². The maximum atomic E-state index is 12.7. The summed E-state index contributed by atoms with van der Waals surface area (Å²) in [6, 6.07) is 7.23. The summed E-state index contributed by atoms with van der Waals surface area (Å²) in [6.07, 6.45) is 5.61. The molecule has 0 bridgehead atoms. The number of benzene rings is 1. The maximum absolute atomic E-state index is 12.7. The zero-order chi connectivity index (χ0) is 18.6. The average Bonchev–Trinajstić information content (AvgIpc) is 2.62. The summed E-state index contributed by atoms with van der Waals surface area (Å²) in [6.45, 7) is 2.84. The molecule has 0 radical (unpaired) electrons. The van der Waals surface area contributed by atoms with Crippen molar-refractivity contribution in [3.63, 3.8) is 0 Å². The van der Waals surface area contributed by atoms with Gasteiger partial charge in [-0.1, -0.05) is 30.7 Å². The molecule has 1 aliphatic heterocycles. The van der Waals surface area contributed by atoms with E-state index in [-0.39, 0.29) is 11.9 Å². The third-order valence-corrected chi connectivity index (χ3v) is 6.39. The number of sulfonamides is 1. The van der Waals surface area contributed by atoms with Crippen molar-refractivity contribution in [2.24, 2.45) is 0 Å². The van der Waals surface area contributed by atoms with E-state index < -0.39 is 10.0 Å². The molecule has 0 N–H and O–H groups in total. The molecule has 1 aromatic heterocycles. The lowest BCUT2D eigenvalue weighted by molar-refractivity contribution is 0.119. The van der Waals surface area contributed by atoms with E-state index in [0.29, 0.717) is 29.7 Å². The molecule has 1 fully saturated rings. The minimum Gasteiger partial charge on any atom is -0.459 e. The van der Waals surface area contributed by atoms with Crippen LogP contribution in [-0.4, -0.2) is 41.9 Å². The van der Waals surface area contributed by atoms with Gasteiger partial charge in [0.05, 0.1) is 12.3 Å². The van der Waals surface area contributed by atoms with Gasteiger partial charge in [-0.25, -0.2) is 18.4 Å². The second-order valence-corrected chi connectivity index (χ2v) is 8.76. The van der Waals surface area contributed by atoms with E-state index in [1.165, 1.54) is 4.31 Å². The number of hydrogen-bond donors (Lipinski definition) is 0. The summed E-state index contributed by atoms with van der Waals surface area (Å²) >= 11 is 5.95. The summed E-state index contributed by atoms with van der Waals surface area (Å²) in [5, 5.41) is 0.533. The molecule has 6 nitrogen and oxygen atoms in total. The zero-order valence-electron chi connectivity index (χ0n) is 14.6. The number of ether oxygens (including phenoxy) is 1. The summed E-state index contributed by atoms with van der Waals surface area (Å²) < 4.78 is 32.8. The molecule has 2 aromatic rings. The van der Waals surface area contributed by atoms with Crippen LogP contribution in [0.1, 0.15) is 30.9 Å². The molecule has 3 rings (SSSR count). The molecule has 0 aliphatic carbocycles. The fourth-order valence-corrected chi connectivity index (χ4v) is 4.71. The largest absolute Gasteiger partial charge is 0.459 e. The van der Waals surface area contributed by atoms with Gasteiger partial charge in [-0.05, 0) is 42.5 Å². The molecule has 1 aromatic carbocycles. The monoisotopic (exact) mass is 395 g/mol. The highest BCUT2D eigenvalue weighted by Crippen LogP contribution is 2.21. The Labute approximate surface area is 159 Å². The van der Waals surface area contributed by atoms with Crippen molar-refractivity contribution in [3.8, 4) is 6.01 Å². The molecular weight excluding hydrogens is 374 g/mol. The van der Waals surface area contributed by atoms with Crippen molar-refractivity contribution in [3.05, 3.63) is 52.8 Å². The van der Waals surface area contributed by atoms with Crippen LogP contribution in [0.5, 0.6) is 6.01 Å². The molecule has 0 spiro atoms. The van der Waals surface area contributed by atoms with Gasteiger partial charge in [-0.2, -0.15) is 4.31 Å². The third-order valence-electron chi connectivity index (χ3n) is 4.33. The first-order chi connectivity index (χ1) is 12.5. The molecule has 1 atom stereocenters. The number of halogens is 1. The van der Waals surface area contributed by atoms with Gasteiger partial charge in [0.2, 0.25) is 10.0 Å². The Balaban J connectivity index is 1.64. The van der Waals surface area contributed by atoms with Crippen molar-refractivity contribution in [1.29, 1.82) is 0 Å². The van der Waals surface area contributed by atoms with Crippen molar-refractivity contribution < 1.29 is 13.2 Å². The Hall–Kier alpha value is -1.70. The van der Waals surface area contributed by atoms with Crippen molar-refractivity contribution in [2.45, 2.75) is 38.0 Å². The molecule has 2 heterocycles. The first-order valence-corrected chi connectivity index (χ1v) is 10.6. The van der Waals surface area contributed by atoms with E-state index in [2.05, 4.69) is 9.97 Å². The van der Waals surface area contributed by atoms with Gasteiger partial charge in [0.15, 0.2) is 0 Å². The number of rotatable bonds is 6. The van der Waals surface area contributed by atoms with Crippen molar-refractivity contribution >= 4 is 21.6 Å². The van der Waals surface area contributed by atoms with Crippen LogP contribution in [0.2, 0.25) is 5.02 Å². The number of hydrogen-bond acceptors (Lipinski definition) is 5. The van der Waals surface area contributed by atoms with E-state index in [0.717, 1.165) is 24.8 Å². The fourth-order valence-electron chi connectivity index (χ4n) is 2.92. The fraction of sp³-hybridized carbons (Fsp3) is 0.444. The summed E-state index contributed by atoms with van der Waals surface area (Å²) in [5.41, 5.74) is 1.71. The first-order valence-electron chi connectivity index (χ1n) is 8.66. The quantitative estimate of drug-likeness (QED) is 0.751. The zero-order valence-corrected chi connectivity index (χ0v) is 16.2. The normalized spacial score (nSPS) is 18.6. The first kappa shape index (κ1) is 19.1. The van der Waals surface area contributed by atoms with Crippen LogP contribution in [-0.2, 0) is 22.2 Å². The summed E-state index contributed by atoms with van der Waals surface area (Å²) in [5.74, 6) is -0.0675.